The van der Waals surface area contributed by atoms with Gasteiger partial charge in [0, 0.05) is 12.6 Å². The zero-order valence-electron chi connectivity index (χ0n) is 10.7. The molecule has 0 atom stereocenters. The van der Waals surface area contributed by atoms with E-state index in [-0.39, 0.29) is 0 Å². The third-order valence-corrected chi connectivity index (χ3v) is 3.35. The Bertz CT molecular complexity index is 369. The first-order valence-corrected chi connectivity index (χ1v) is 6.70. The molecule has 0 bridgehead atoms. The van der Waals surface area contributed by atoms with Crippen molar-refractivity contribution in [2.24, 2.45) is 10.8 Å². The summed E-state index contributed by atoms with van der Waals surface area (Å²) in [5.74, 6) is 6.21. The number of hydrogen-bond donors (Lipinski definition) is 3. The Morgan fingerprint density at radius 1 is 1.22 bits per heavy atom. The molecule has 0 saturated heterocycles. The van der Waals surface area contributed by atoms with Crippen molar-refractivity contribution in [1.82, 2.24) is 10.7 Å². The monoisotopic (exact) mass is 246 g/mol. The van der Waals surface area contributed by atoms with Crippen LogP contribution in [0.5, 0.6) is 0 Å². The summed E-state index contributed by atoms with van der Waals surface area (Å²) < 4.78 is 0. The molecule has 18 heavy (non-hydrogen) atoms. The molecule has 1 aliphatic rings. The minimum absolute atomic E-state index is 0.538. The van der Waals surface area contributed by atoms with Gasteiger partial charge in [0.2, 0.25) is 5.96 Å². The molecule has 0 unspecified atom stereocenters. The van der Waals surface area contributed by atoms with E-state index in [1.807, 2.05) is 6.07 Å². The number of hydrogen-bond acceptors (Lipinski definition) is 2. The molecule has 0 radical (unpaired) electrons. The molecule has 1 aliphatic carbocycles. The molecule has 2 rings (SSSR count). The van der Waals surface area contributed by atoms with Crippen LogP contribution in [0.1, 0.15) is 31.2 Å². The quantitative estimate of drug-likeness (QED) is 0.327. The highest BCUT2D eigenvalue weighted by Crippen LogP contribution is 2.17. The number of nitrogens with zero attached hydrogens (tertiary/aromatic N) is 1. The van der Waals surface area contributed by atoms with Crippen LogP contribution < -0.4 is 16.6 Å². The number of rotatable bonds is 4. The van der Waals surface area contributed by atoms with E-state index >= 15 is 0 Å². The average molecular weight is 246 g/mol. The van der Waals surface area contributed by atoms with Gasteiger partial charge in [0.25, 0.3) is 0 Å². The van der Waals surface area contributed by atoms with Crippen LogP contribution in [0.25, 0.3) is 0 Å². The summed E-state index contributed by atoms with van der Waals surface area (Å²) in [6, 6.07) is 10.9. The lowest BCUT2D eigenvalue weighted by atomic mass is 10.2. The first-order valence-electron chi connectivity index (χ1n) is 6.70. The Hall–Kier alpha value is -1.55. The van der Waals surface area contributed by atoms with Crippen molar-refractivity contribution in [3.63, 3.8) is 0 Å². The predicted molar refractivity (Wildman–Crippen MR) is 75.2 cm³/mol. The van der Waals surface area contributed by atoms with Gasteiger partial charge in [-0.2, -0.15) is 0 Å². The zero-order chi connectivity index (χ0) is 12.6. The van der Waals surface area contributed by atoms with Crippen LogP contribution in [-0.4, -0.2) is 18.5 Å². The minimum atomic E-state index is 0.538. The molecule has 0 heterocycles. The second kappa shape index (κ2) is 7.01. The van der Waals surface area contributed by atoms with Gasteiger partial charge in [0.15, 0.2) is 0 Å². The number of nitrogens with two attached hydrogens (primary N) is 1. The van der Waals surface area contributed by atoms with Crippen LogP contribution in [-0.2, 0) is 6.42 Å². The summed E-state index contributed by atoms with van der Waals surface area (Å²) in [4.78, 5) is 4.47. The fourth-order valence-corrected chi connectivity index (χ4v) is 2.34. The molecule has 98 valence electrons. The first-order chi connectivity index (χ1) is 8.88. The average Bonchev–Trinajstić information content (AvgIpc) is 2.92. The Morgan fingerprint density at radius 3 is 2.61 bits per heavy atom. The van der Waals surface area contributed by atoms with Crippen molar-refractivity contribution >= 4 is 5.96 Å². The summed E-state index contributed by atoms with van der Waals surface area (Å²) >= 11 is 0. The highest BCUT2D eigenvalue weighted by Gasteiger charge is 2.15. The molecule has 4 heteroatoms. The summed E-state index contributed by atoms with van der Waals surface area (Å²) in [5, 5.41) is 3.37. The second-order valence-electron chi connectivity index (χ2n) is 4.74. The van der Waals surface area contributed by atoms with Crippen LogP contribution in [0.2, 0.25) is 0 Å². The Kier molecular flexibility index (Phi) is 5.02. The zero-order valence-corrected chi connectivity index (χ0v) is 10.7. The van der Waals surface area contributed by atoms with Crippen LogP contribution in [0.15, 0.2) is 35.3 Å². The van der Waals surface area contributed by atoms with E-state index in [1.54, 1.807) is 0 Å². The molecule has 1 fully saturated rings. The van der Waals surface area contributed by atoms with Crippen LogP contribution in [0.3, 0.4) is 0 Å². The molecule has 0 spiro atoms. The Morgan fingerprint density at radius 2 is 1.94 bits per heavy atom. The normalized spacial score (nSPS) is 16.8. The van der Waals surface area contributed by atoms with E-state index in [2.05, 4.69) is 40.0 Å². The number of guanidine groups is 1. The molecule has 4 N–H and O–H groups in total. The van der Waals surface area contributed by atoms with Crippen LogP contribution in [0.4, 0.5) is 0 Å². The number of benzene rings is 1. The number of aliphatic imine (C=N–C) groups is 1. The van der Waals surface area contributed by atoms with Gasteiger partial charge in [-0.25, -0.2) is 5.84 Å². The molecule has 4 nitrogen and oxygen atoms in total. The summed E-state index contributed by atoms with van der Waals surface area (Å²) in [6.45, 7) is 0.753. The maximum Gasteiger partial charge on any atom is 0.205 e. The molecule has 1 aromatic rings. The molecule has 0 aromatic heterocycles. The van der Waals surface area contributed by atoms with E-state index in [0.29, 0.717) is 6.04 Å². The van der Waals surface area contributed by atoms with Crippen molar-refractivity contribution in [3.05, 3.63) is 35.9 Å². The third kappa shape index (κ3) is 4.04. The van der Waals surface area contributed by atoms with Gasteiger partial charge in [-0.05, 0) is 24.8 Å². The highest BCUT2D eigenvalue weighted by atomic mass is 15.3. The van der Waals surface area contributed by atoms with Crippen LogP contribution >= 0.6 is 0 Å². The maximum atomic E-state index is 5.49. The molecule has 1 aromatic carbocycles. The molecular formula is C14H22N4. The van der Waals surface area contributed by atoms with E-state index in [4.69, 9.17) is 5.84 Å². The van der Waals surface area contributed by atoms with Gasteiger partial charge < -0.3 is 5.32 Å². The largest absolute Gasteiger partial charge is 0.353 e. The summed E-state index contributed by atoms with van der Waals surface area (Å²) in [7, 11) is 0. The predicted octanol–water partition coefficient (Wildman–Crippen LogP) is 1.58. The van der Waals surface area contributed by atoms with Gasteiger partial charge in [0.05, 0.1) is 0 Å². The van der Waals surface area contributed by atoms with Crippen molar-refractivity contribution in [2.45, 2.75) is 38.1 Å². The SMILES string of the molecule is NNC(=NCCc1ccccc1)NC1CCCC1. The summed E-state index contributed by atoms with van der Waals surface area (Å²) in [6.07, 6.45) is 6.00. The highest BCUT2D eigenvalue weighted by molar-refractivity contribution is 5.79. The first kappa shape index (κ1) is 12.9. The number of hydrazine groups is 1. The molecule has 1 saturated carbocycles. The van der Waals surface area contributed by atoms with Gasteiger partial charge in [-0.1, -0.05) is 43.2 Å². The Labute approximate surface area is 109 Å². The van der Waals surface area contributed by atoms with Gasteiger partial charge in [-0.3, -0.25) is 10.4 Å². The maximum absolute atomic E-state index is 5.49. The lowest BCUT2D eigenvalue weighted by Gasteiger charge is -2.14. The smallest absolute Gasteiger partial charge is 0.205 e. The van der Waals surface area contributed by atoms with Crippen molar-refractivity contribution in [2.75, 3.05) is 6.54 Å². The third-order valence-electron chi connectivity index (χ3n) is 3.35. The molecular weight excluding hydrogens is 224 g/mol. The lowest BCUT2D eigenvalue weighted by molar-refractivity contribution is 0.614. The van der Waals surface area contributed by atoms with Crippen molar-refractivity contribution < 1.29 is 0 Å². The lowest BCUT2D eigenvalue weighted by Crippen LogP contribution is -2.45. The van der Waals surface area contributed by atoms with Crippen molar-refractivity contribution in [1.29, 1.82) is 0 Å². The van der Waals surface area contributed by atoms with Crippen molar-refractivity contribution in [3.8, 4) is 0 Å². The molecule has 0 aliphatic heterocycles. The summed E-state index contributed by atoms with van der Waals surface area (Å²) in [5.41, 5.74) is 3.96. The van der Waals surface area contributed by atoms with E-state index < -0.39 is 0 Å². The minimum Gasteiger partial charge on any atom is -0.353 e. The Balaban J connectivity index is 1.78. The van der Waals surface area contributed by atoms with Crippen LogP contribution in [0, 0.1) is 0 Å². The number of nitrogens with one attached hydrogen (secondary N) is 2. The topological polar surface area (TPSA) is 62.4 Å². The van der Waals surface area contributed by atoms with Gasteiger partial charge >= 0.3 is 0 Å². The molecule has 0 amide bonds. The van der Waals surface area contributed by atoms with Gasteiger partial charge in [-0.15, -0.1) is 0 Å². The van der Waals surface area contributed by atoms with E-state index in [9.17, 15) is 0 Å². The fourth-order valence-electron chi connectivity index (χ4n) is 2.34. The van der Waals surface area contributed by atoms with Gasteiger partial charge in [0.1, 0.15) is 0 Å². The van der Waals surface area contributed by atoms with E-state index in [1.165, 1.54) is 31.2 Å². The fraction of sp³-hybridized carbons (Fsp3) is 0.500. The second-order valence-corrected chi connectivity index (χ2v) is 4.74. The van der Waals surface area contributed by atoms with E-state index in [0.717, 1.165) is 18.9 Å². The standard InChI is InChI=1S/C14H22N4/c15-18-14(17-13-8-4-5-9-13)16-11-10-12-6-2-1-3-7-12/h1-3,6-7,13H,4-5,8-11,15H2,(H2,16,17,18).